The van der Waals surface area contributed by atoms with Crippen molar-refractivity contribution in [2.45, 2.75) is 39.3 Å². The first-order chi connectivity index (χ1) is 8.06. The molecule has 2 rings (SSSR count). The van der Waals surface area contributed by atoms with Gasteiger partial charge in [0.2, 0.25) is 0 Å². The Balaban J connectivity index is 2.06. The van der Waals surface area contributed by atoms with E-state index in [4.69, 9.17) is 5.73 Å². The largest absolute Gasteiger partial charge is 0.399 e. The Labute approximate surface area is 103 Å². The third-order valence-corrected chi connectivity index (χ3v) is 3.11. The predicted molar refractivity (Wildman–Crippen MR) is 69.1 cm³/mol. The minimum absolute atomic E-state index is 0.181. The summed E-state index contributed by atoms with van der Waals surface area (Å²) in [6.45, 7) is 6.15. The van der Waals surface area contributed by atoms with Crippen LogP contribution in [0.3, 0.4) is 0 Å². The number of hydrogen-bond acceptors (Lipinski definition) is 2. The van der Waals surface area contributed by atoms with Crippen LogP contribution in [0.4, 0.5) is 10.1 Å². The highest BCUT2D eigenvalue weighted by atomic mass is 19.1. The van der Waals surface area contributed by atoms with Crippen molar-refractivity contribution in [3.05, 3.63) is 29.6 Å². The molecule has 17 heavy (non-hydrogen) atoms. The van der Waals surface area contributed by atoms with Gasteiger partial charge in [-0.3, -0.25) is 4.90 Å². The third kappa shape index (κ3) is 3.43. The van der Waals surface area contributed by atoms with Gasteiger partial charge in [-0.2, -0.15) is 0 Å². The lowest BCUT2D eigenvalue weighted by Gasteiger charge is -2.24. The number of anilines is 1. The molecule has 0 spiro atoms. The van der Waals surface area contributed by atoms with Crippen molar-refractivity contribution in [1.29, 1.82) is 0 Å². The lowest BCUT2D eigenvalue weighted by molar-refractivity contribution is 0.223. The first kappa shape index (κ1) is 12.4. The molecule has 1 fully saturated rings. The Morgan fingerprint density at radius 1 is 1.41 bits per heavy atom. The van der Waals surface area contributed by atoms with Gasteiger partial charge in [0, 0.05) is 30.4 Å². The van der Waals surface area contributed by atoms with Gasteiger partial charge in [-0.15, -0.1) is 0 Å². The zero-order valence-electron chi connectivity index (χ0n) is 10.6. The summed E-state index contributed by atoms with van der Waals surface area (Å²) in [6.07, 6.45) is 2.51. The Hall–Kier alpha value is -1.09. The van der Waals surface area contributed by atoms with E-state index in [0.29, 0.717) is 24.2 Å². The molecule has 1 saturated carbocycles. The van der Waals surface area contributed by atoms with Crippen LogP contribution in [-0.2, 0) is 6.54 Å². The van der Waals surface area contributed by atoms with Crippen LogP contribution in [0.5, 0.6) is 0 Å². The van der Waals surface area contributed by atoms with Crippen molar-refractivity contribution in [3.63, 3.8) is 0 Å². The van der Waals surface area contributed by atoms with E-state index in [1.54, 1.807) is 12.1 Å². The summed E-state index contributed by atoms with van der Waals surface area (Å²) in [6, 6.07) is 5.66. The van der Waals surface area contributed by atoms with E-state index >= 15 is 0 Å². The zero-order chi connectivity index (χ0) is 12.4. The maximum atomic E-state index is 13.7. The van der Waals surface area contributed by atoms with E-state index in [2.05, 4.69) is 18.7 Å². The summed E-state index contributed by atoms with van der Waals surface area (Å²) >= 11 is 0. The van der Waals surface area contributed by atoms with E-state index in [-0.39, 0.29) is 5.82 Å². The molecule has 0 unspecified atom stereocenters. The Bertz CT molecular complexity index is 386. The van der Waals surface area contributed by atoms with Gasteiger partial charge in [0.1, 0.15) is 5.82 Å². The van der Waals surface area contributed by atoms with Crippen molar-refractivity contribution < 1.29 is 4.39 Å². The van der Waals surface area contributed by atoms with Crippen LogP contribution in [0.2, 0.25) is 0 Å². The lowest BCUT2D eigenvalue weighted by Crippen LogP contribution is -2.29. The monoisotopic (exact) mass is 236 g/mol. The van der Waals surface area contributed by atoms with Crippen LogP contribution >= 0.6 is 0 Å². The normalized spacial score (nSPS) is 15.8. The molecule has 0 atom stereocenters. The average molecular weight is 236 g/mol. The lowest BCUT2D eigenvalue weighted by atomic mass is 10.1. The second kappa shape index (κ2) is 5.05. The molecule has 1 aromatic rings. The fourth-order valence-corrected chi connectivity index (χ4v) is 2.16. The van der Waals surface area contributed by atoms with E-state index in [1.165, 1.54) is 18.9 Å². The van der Waals surface area contributed by atoms with Gasteiger partial charge in [-0.05, 0) is 30.9 Å². The highest BCUT2D eigenvalue weighted by Crippen LogP contribution is 2.29. The molecule has 0 bridgehead atoms. The third-order valence-electron chi connectivity index (χ3n) is 3.11. The fraction of sp³-hybridized carbons (Fsp3) is 0.571. The van der Waals surface area contributed by atoms with Crippen LogP contribution in [0, 0.1) is 11.7 Å². The van der Waals surface area contributed by atoms with Crippen LogP contribution in [-0.4, -0.2) is 17.5 Å². The predicted octanol–water partition coefficient (Wildman–Crippen LogP) is 3.03. The molecule has 0 aromatic heterocycles. The van der Waals surface area contributed by atoms with Crippen molar-refractivity contribution in [2.24, 2.45) is 5.92 Å². The van der Waals surface area contributed by atoms with Gasteiger partial charge in [0.25, 0.3) is 0 Å². The summed E-state index contributed by atoms with van der Waals surface area (Å²) in [4.78, 5) is 2.39. The van der Waals surface area contributed by atoms with Crippen molar-refractivity contribution >= 4 is 5.69 Å². The molecule has 0 aliphatic heterocycles. The van der Waals surface area contributed by atoms with Gasteiger partial charge in [0.05, 0.1) is 0 Å². The number of hydrogen-bond donors (Lipinski definition) is 1. The van der Waals surface area contributed by atoms with Crippen LogP contribution in [0.15, 0.2) is 18.2 Å². The topological polar surface area (TPSA) is 29.3 Å². The summed E-state index contributed by atoms with van der Waals surface area (Å²) in [5.74, 6) is 0.437. The molecule has 94 valence electrons. The Morgan fingerprint density at radius 3 is 2.65 bits per heavy atom. The molecule has 3 heteroatoms. The average Bonchev–Trinajstić information content (AvgIpc) is 3.03. The molecule has 0 saturated heterocycles. The standard InChI is InChI=1S/C14H21FN2/c1-10(2)8-17(13-5-6-13)9-11-3-4-12(16)7-14(11)15/h3-4,7,10,13H,5-6,8-9,16H2,1-2H3. The van der Waals surface area contributed by atoms with E-state index < -0.39 is 0 Å². The molecular formula is C14H21FN2. The number of nitrogen functional groups attached to an aromatic ring is 1. The second-order valence-corrected chi connectivity index (χ2v) is 5.41. The molecule has 1 aliphatic carbocycles. The van der Waals surface area contributed by atoms with Crippen LogP contribution < -0.4 is 5.73 Å². The maximum absolute atomic E-state index is 13.7. The highest BCUT2D eigenvalue weighted by Gasteiger charge is 2.29. The van der Waals surface area contributed by atoms with Crippen LogP contribution in [0.1, 0.15) is 32.3 Å². The molecule has 1 aliphatic rings. The summed E-state index contributed by atoms with van der Waals surface area (Å²) in [5, 5.41) is 0. The number of nitrogens with zero attached hydrogens (tertiary/aromatic N) is 1. The quantitative estimate of drug-likeness (QED) is 0.796. The number of benzene rings is 1. The SMILES string of the molecule is CC(C)CN(Cc1ccc(N)cc1F)C1CC1. The van der Waals surface area contributed by atoms with Gasteiger partial charge < -0.3 is 5.73 Å². The Kier molecular flexibility index (Phi) is 3.67. The number of halogens is 1. The van der Waals surface area contributed by atoms with Crippen molar-refractivity contribution in [1.82, 2.24) is 4.90 Å². The number of rotatable bonds is 5. The van der Waals surface area contributed by atoms with Gasteiger partial charge in [-0.1, -0.05) is 19.9 Å². The maximum Gasteiger partial charge on any atom is 0.129 e. The second-order valence-electron chi connectivity index (χ2n) is 5.41. The fourth-order valence-electron chi connectivity index (χ4n) is 2.16. The van der Waals surface area contributed by atoms with E-state index in [9.17, 15) is 4.39 Å². The molecule has 2 N–H and O–H groups in total. The first-order valence-electron chi connectivity index (χ1n) is 6.34. The van der Waals surface area contributed by atoms with Crippen LogP contribution in [0.25, 0.3) is 0 Å². The van der Waals surface area contributed by atoms with Gasteiger partial charge in [0.15, 0.2) is 0 Å². The van der Waals surface area contributed by atoms with Crippen molar-refractivity contribution in [2.75, 3.05) is 12.3 Å². The highest BCUT2D eigenvalue weighted by molar-refractivity contribution is 5.40. The number of nitrogens with two attached hydrogens (primary N) is 1. The first-order valence-corrected chi connectivity index (χ1v) is 6.34. The zero-order valence-corrected chi connectivity index (χ0v) is 10.6. The van der Waals surface area contributed by atoms with Gasteiger partial charge in [-0.25, -0.2) is 4.39 Å². The molecule has 2 nitrogen and oxygen atoms in total. The molecular weight excluding hydrogens is 215 g/mol. The van der Waals surface area contributed by atoms with E-state index in [0.717, 1.165) is 12.1 Å². The minimum atomic E-state index is -0.181. The Morgan fingerprint density at radius 2 is 2.12 bits per heavy atom. The summed E-state index contributed by atoms with van der Waals surface area (Å²) in [7, 11) is 0. The molecule has 1 aromatic carbocycles. The van der Waals surface area contributed by atoms with Crippen molar-refractivity contribution in [3.8, 4) is 0 Å². The smallest absolute Gasteiger partial charge is 0.129 e. The molecule has 0 heterocycles. The van der Waals surface area contributed by atoms with E-state index in [1.807, 2.05) is 0 Å². The summed E-state index contributed by atoms with van der Waals surface area (Å²) in [5.41, 5.74) is 6.81. The molecule has 0 radical (unpaired) electrons. The van der Waals surface area contributed by atoms with Gasteiger partial charge >= 0.3 is 0 Å². The minimum Gasteiger partial charge on any atom is -0.399 e. The molecule has 0 amide bonds. The summed E-state index contributed by atoms with van der Waals surface area (Å²) < 4.78 is 13.7.